The summed E-state index contributed by atoms with van der Waals surface area (Å²) in [5.74, 6) is 1.64. The summed E-state index contributed by atoms with van der Waals surface area (Å²) in [6, 6.07) is 9.64. The Kier molecular flexibility index (Phi) is 2.42. The molecule has 1 aromatic carbocycles. The summed E-state index contributed by atoms with van der Waals surface area (Å²) >= 11 is 0. The molecule has 0 atom stereocenters. The van der Waals surface area contributed by atoms with Crippen molar-refractivity contribution < 1.29 is 9.37 Å². The lowest BCUT2D eigenvalue weighted by molar-refractivity contribution is 0.109. The van der Waals surface area contributed by atoms with E-state index in [0.717, 1.165) is 17.3 Å². The summed E-state index contributed by atoms with van der Waals surface area (Å²) in [6.45, 7) is 4.81. The third-order valence-corrected chi connectivity index (χ3v) is 3.48. The van der Waals surface area contributed by atoms with Gasteiger partial charge in [0.25, 0.3) is 0 Å². The largest absolute Gasteiger partial charge is 0.484 e. The molecule has 0 amide bonds. The highest BCUT2D eigenvalue weighted by Gasteiger charge is 2.33. The molecule has 0 saturated carbocycles. The summed E-state index contributed by atoms with van der Waals surface area (Å²) in [7, 11) is 0. The second kappa shape index (κ2) is 4.18. The number of rotatable bonds is 1. The van der Waals surface area contributed by atoms with Crippen molar-refractivity contribution in [1.82, 2.24) is 15.3 Å². The molecule has 6 nitrogen and oxygen atoms in total. The Bertz CT molecular complexity index is 798. The lowest BCUT2D eigenvalue weighted by Crippen LogP contribution is -2.45. The fourth-order valence-corrected chi connectivity index (χ4v) is 2.61. The lowest BCUT2D eigenvalue weighted by Gasteiger charge is -2.40. The van der Waals surface area contributed by atoms with E-state index in [9.17, 15) is 0 Å². The van der Waals surface area contributed by atoms with Gasteiger partial charge in [-0.2, -0.15) is 0 Å². The zero-order valence-corrected chi connectivity index (χ0v) is 11.8. The maximum absolute atomic E-state index is 6.07. The van der Waals surface area contributed by atoms with Crippen molar-refractivity contribution in [2.24, 2.45) is 0 Å². The molecule has 0 aliphatic carbocycles. The highest BCUT2D eigenvalue weighted by Crippen LogP contribution is 2.42. The molecule has 0 fully saturated rings. The van der Waals surface area contributed by atoms with Crippen LogP contribution in [0.2, 0.25) is 0 Å². The number of ether oxygens (including phenoxy) is 1. The van der Waals surface area contributed by atoms with Crippen molar-refractivity contribution in [2.45, 2.75) is 19.4 Å². The van der Waals surface area contributed by atoms with Gasteiger partial charge in [-0.15, -0.1) is 0 Å². The number of hydrogen-bond donors (Lipinski definition) is 0. The van der Waals surface area contributed by atoms with Crippen molar-refractivity contribution >= 4 is 22.5 Å². The molecule has 0 spiro atoms. The monoisotopic (exact) mass is 282 g/mol. The number of aromatic nitrogens is 3. The smallest absolute Gasteiger partial charge is 0.146 e. The van der Waals surface area contributed by atoms with Gasteiger partial charge in [0.1, 0.15) is 28.2 Å². The van der Waals surface area contributed by atoms with Gasteiger partial charge in [0.15, 0.2) is 0 Å². The van der Waals surface area contributed by atoms with E-state index in [2.05, 4.69) is 34.0 Å². The molecule has 0 unspecified atom stereocenters. The standard InChI is InChI=1S/C15H14N4O2/c1-15(2)9-19(14-5-3-4-6-16-14)12-7-10-11(18-21-17-10)8-13(12)20-15/h3-8H,9H2,1-2H3. The van der Waals surface area contributed by atoms with Crippen LogP contribution in [0.15, 0.2) is 41.2 Å². The number of hydrogen-bond acceptors (Lipinski definition) is 6. The number of fused-ring (bicyclic) bond motifs is 2. The predicted molar refractivity (Wildman–Crippen MR) is 77.8 cm³/mol. The van der Waals surface area contributed by atoms with Crippen LogP contribution < -0.4 is 9.64 Å². The van der Waals surface area contributed by atoms with Gasteiger partial charge < -0.3 is 9.64 Å². The minimum Gasteiger partial charge on any atom is -0.484 e. The van der Waals surface area contributed by atoms with E-state index >= 15 is 0 Å². The van der Waals surface area contributed by atoms with Crippen LogP contribution in [-0.2, 0) is 0 Å². The Morgan fingerprint density at radius 2 is 1.95 bits per heavy atom. The summed E-state index contributed by atoms with van der Waals surface area (Å²) in [5, 5.41) is 7.77. The molecule has 6 heteroatoms. The first-order chi connectivity index (χ1) is 10.1. The Hall–Kier alpha value is -2.63. The zero-order valence-electron chi connectivity index (χ0n) is 11.8. The average Bonchev–Trinajstić information content (AvgIpc) is 2.91. The molecule has 3 aromatic rings. The normalized spacial score (nSPS) is 16.6. The minimum atomic E-state index is -0.324. The van der Waals surface area contributed by atoms with Crippen molar-refractivity contribution in [1.29, 1.82) is 0 Å². The van der Waals surface area contributed by atoms with Gasteiger partial charge in [0.2, 0.25) is 0 Å². The maximum atomic E-state index is 6.07. The van der Waals surface area contributed by atoms with Crippen LogP contribution in [-0.4, -0.2) is 27.4 Å². The van der Waals surface area contributed by atoms with E-state index in [4.69, 9.17) is 9.37 Å². The van der Waals surface area contributed by atoms with Gasteiger partial charge >= 0.3 is 0 Å². The van der Waals surface area contributed by atoms with E-state index in [1.807, 2.05) is 30.3 Å². The van der Waals surface area contributed by atoms with Gasteiger partial charge in [-0.1, -0.05) is 6.07 Å². The molecule has 4 rings (SSSR count). The molecule has 1 aliphatic rings. The number of nitrogens with zero attached hydrogens (tertiary/aromatic N) is 4. The SMILES string of the molecule is CC1(C)CN(c2ccccn2)c2cc3nonc3cc2O1. The van der Waals surface area contributed by atoms with E-state index < -0.39 is 0 Å². The van der Waals surface area contributed by atoms with Crippen LogP contribution in [0.1, 0.15) is 13.8 Å². The highest BCUT2D eigenvalue weighted by molar-refractivity contribution is 5.84. The second-order valence-electron chi connectivity index (χ2n) is 5.71. The Balaban J connectivity index is 1.92. The van der Waals surface area contributed by atoms with Crippen LogP contribution >= 0.6 is 0 Å². The van der Waals surface area contributed by atoms with Crippen LogP contribution in [0.4, 0.5) is 11.5 Å². The van der Waals surface area contributed by atoms with Crippen molar-refractivity contribution in [3.8, 4) is 5.75 Å². The number of anilines is 2. The molecule has 1 aliphatic heterocycles. The maximum Gasteiger partial charge on any atom is 0.146 e. The molecule has 0 radical (unpaired) electrons. The van der Waals surface area contributed by atoms with Crippen LogP contribution in [0, 0.1) is 0 Å². The van der Waals surface area contributed by atoms with Gasteiger partial charge in [0.05, 0.1) is 12.2 Å². The Morgan fingerprint density at radius 3 is 2.71 bits per heavy atom. The van der Waals surface area contributed by atoms with E-state index in [1.165, 1.54) is 0 Å². The molecular weight excluding hydrogens is 268 g/mol. The predicted octanol–water partition coefficient (Wildman–Crippen LogP) is 2.93. The molecule has 0 bridgehead atoms. The van der Waals surface area contributed by atoms with Crippen LogP contribution in [0.25, 0.3) is 11.0 Å². The molecular formula is C15H14N4O2. The number of benzene rings is 1. The highest BCUT2D eigenvalue weighted by atomic mass is 16.6. The minimum absolute atomic E-state index is 0.324. The molecule has 106 valence electrons. The summed E-state index contributed by atoms with van der Waals surface area (Å²) in [4.78, 5) is 6.58. The van der Waals surface area contributed by atoms with Gasteiger partial charge in [-0.05, 0) is 42.4 Å². The first-order valence-corrected chi connectivity index (χ1v) is 6.76. The fourth-order valence-electron chi connectivity index (χ4n) is 2.61. The zero-order chi connectivity index (χ0) is 14.4. The van der Waals surface area contributed by atoms with Gasteiger partial charge in [-0.25, -0.2) is 9.61 Å². The molecule has 21 heavy (non-hydrogen) atoms. The van der Waals surface area contributed by atoms with Crippen molar-refractivity contribution in [2.75, 3.05) is 11.4 Å². The third-order valence-electron chi connectivity index (χ3n) is 3.48. The van der Waals surface area contributed by atoms with Gasteiger partial charge in [-0.3, -0.25) is 0 Å². The molecule has 2 aromatic heterocycles. The van der Waals surface area contributed by atoms with Crippen molar-refractivity contribution in [3.05, 3.63) is 36.5 Å². The third kappa shape index (κ3) is 1.99. The first-order valence-electron chi connectivity index (χ1n) is 6.76. The summed E-state index contributed by atoms with van der Waals surface area (Å²) in [6.07, 6.45) is 1.79. The van der Waals surface area contributed by atoms with E-state index in [-0.39, 0.29) is 5.60 Å². The molecule has 0 saturated heterocycles. The van der Waals surface area contributed by atoms with Crippen molar-refractivity contribution in [3.63, 3.8) is 0 Å². The Labute approximate surface area is 121 Å². The van der Waals surface area contributed by atoms with E-state index in [1.54, 1.807) is 6.20 Å². The van der Waals surface area contributed by atoms with Crippen LogP contribution in [0.3, 0.4) is 0 Å². The van der Waals surface area contributed by atoms with Crippen LogP contribution in [0.5, 0.6) is 5.75 Å². The quantitative estimate of drug-likeness (QED) is 0.683. The summed E-state index contributed by atoms with van der Waals surface area (Å²) < 4.78 is 10.9. The Morgan fingerprint density at radius 1 is 1.14 bits per heavy atom. The second-order valence-corrected chi connectivity index (χ2v) is 5.71. The molecule has 0 N–H and O–H groups in total. The topological polar surface area (TPSA) is 64.3 Å². The fraction of sp³-hybridized carbons (Fsp3) is 0.267. The number of pyridine rings is 1. The molecule has 3 heterocycles. The van der Waals surface area contributed by atoms with Gasteiger partial charge in [0, 0.05) is 12.3 Å². The summed E-state index contributed by atoms with van der Waals surface area (Å²) in [5.41, 5.74) is 2.00. The lowest BCUT2D eigenvalue weighted by atomic mass is 10.0. The average molecular weight is 282 g/mol. The van der Waals surface area contributed by atoms with E-state index in [0.29, 0.717) is 17.6 Å². The first kappa shape index (κ1) is 12.1.